The van der Waals surface area contributed by atoms with Crippen molar-refractivity contribution < 1.29 is 23.5 Å². The summed E-state index contributed by atoms with van der Waals surface area (Å²) in [6, 6.07) is 9.09. The zero-order valence-electron chi connectivity index (χ0n) is 22.5. The number of nitrogens with zero attached hydrogens (tertiary/aromatic N) is 2. The zero-order valence-corrected chi connectivity index (χ0v) is 23.4. The van der Waals surface area contributed by atoms with E-state index in [1.807, 2.05) is 42.2 Å². The lowest BCUT2D eigenvalue weighted by molar-refractivity contribution is 0.0494. The van der Waals surface area contributed by atoms with Crippen molar-refractivity contribution in [3.05, 3.63) is 46.5 Å². The Hall–Kier alpha value is -3.60. The predicted octanol–water partition coefficient (Wildman–Crippen LogP) is 4.22. The molecule has 1 saturated heterocycles. The summed E-state index contributed by atoms with van der Waals surface area (Å²) in [6.45, 7) is 8.00. The van der Waals surface area contributed by atoms with Crippen LogP contribution in [0, 0.1) is 12.8 Å². The fraction of sp³-hybridized carbons (Fsp3) is 0.464. The number of nitrogen functional groups attached to an aromatic ring is 1. The molecule has 3 atom stereocenters. The number of carbonyl (C=O) groups is 2. The van der Waals surface area contributed by atoms with Gasteiger partial charge in [0.25, 0.3) is 5.91 Å². The molecular weight excluding hydrogens is 521 g/mol. The van der Waals surface area contributed by atoms with Gasteiger partial charge in [0.05, 0.1) is 24.4 Å². The van der Waals surface area contributed by atoms with E-state index < -0.39 is 18.4 Å². The van der Waals surface area contributed by atoms with Crippen LogP contribution in [0.15, 0.2) is 30.3 Å². The molecule has 1 aromatic carbocycles. The Balaban J connectivity index is 1.22. The maximum Gasteiger partial charge on any atom is 0.407 e. The van der Waals surface area contributed by atoms with Gasteiger partial charge in [0.2, 0.25) is 0 Å². The number of aryl methyl sites for hydroxylation is 1. The van der Waals surface area contributed by atoms with Crippen molar-refractivity contribution in [2.24, 2.45) is 5.92 Å². The van der Waals surface area contributed by atoms with Crippen molar-refractivity contribution in [2.75, 3.05) is 37.0 Å². The number of ether oxygens (including phenoxy) is 2. The monoisotopic (exact) mass is 555 g/mol. The number of alkyl carbamates (subject to hydrolysis) is 1. The molecule has 4 heterocycles. The first kappa shape index (κ1) is 27.0. The number of nitrogens with one attached hydrogen (secondary N) is 2. The zero-order chi connectivity index (χ0) is 27.9. The second kappa shape index (κ2) is 10.5. The highest BCUT2D eigenvalue weighted by molar-refractivity contribution is 7.21. The molecule has 2 aliphatic rings. The first-order chi connectivity index (χ1) is 18.5. The maximum atomic E-state index is 13.8. The van der Waals surface area contributed by atoms with Crippen LogP contribution in [-0.4, -0.2) is 61.0 Å². The Labute approximate surface area is 230 Å². The number of fused-ring (bicyclic) bond motifs is 2. The third kappa shape index (κ3) is 5.88. The second-order valence-corrected chi connectivity index (χ2v) is 12.2. The minimum absolute atomic E-state index is 0.208. The summed E-state index contributed by atoms with van der Waals surface area (Å²) in [5, 5.41) is 6.66. The highest BCUT2D eigenvalue weighted by Gasteiger charge is 2.35. The molecule has 0 unspecified atom stereocenters. The number of nitrogens with two attached hydrogens (primary N) is 1. The standard InChI is InChI=1S/C28H34FN5O4S/c1-15-5-8-20-23(30)24(39-26(20)31-15)25(35)32-18-9-16-6-7-19(10-22(16)37-14-18)34-12-17(11-29)21(13-34)33-27(36)38-28(2,3)4/h5-8,10,17-18,21H,9,11-14,30H2,1-4H3,(H,32,35)(H,33,36)/t17-,18-,21+/m1/s1. The van der Waals surface area contributed by atoms with Crippen molar-refractivity contribution in [1.82, 2.24) is 15.6 Å². The Morgan fingerprint density at radius 3 is 2.77 bits per heavy atom. The van der Waals surface area contributed by atoms with Crippen molar-refractivity contribution in [3.63, 3.8) is 0 Å². The molecule has 1 fully saturated rings. The van der Waals surface area contributed by atoms with Crippen LogP contribution < -0.4 is 26.0 Å². The molecule has 208 valence electrons. The minimum Gasteiger partial charge on any atom is -0.491 e. The second-order valence-electron chi connectivity index (χ2n) is 11.2. The number of aromatic nitrogens is 1. The quantitative estimate of drug-likeness (QED) is 0.431. The van der Waals surface area contributed by atoms with Crippen molar-refractivity contribution in [1.29, 1.82) is 0 Å². The van der Waals surface area contributed by atoms with E-state index in [1.54, 1.807) is 20.8 Å². The molecule has 0 aliphatic carbocycles. The molecule has 3 aromatic rings. The molecule has 39 heavy (non-hydrogen) atoms. The minimum atomic E-state index is -0.623. The largest absolute Gasteiger partial charge is 0.491 e. The first-order valence-electron chi connectivity index (χ1n) is 13.0. The van der Waals surface area contributed by atoms with Crippen LogP contribution in [0.2, 0.25) is 0 Å². The summed E-state index contributed by atoms with van der Waals surface area (Å²) in [4.78, 5) is 33.0. The topological polar surface area (TPSA) is 119 Å². The average molecular weight is 556 g/mol. The number of hydrogen-bond donors (Lipinski definition) is 3. The fourth-order valence-electron chi connectivity index (χ4n) is 5.02. The van der Waals surface area contributed by atoms with Gasteiger partial charge in [-0.2, -0.15) is 0 Å². The number of pyridine rings is 1. The van der Waals surface area contributed by atoms with Gasteiger partial charge in [-0.3, -0.25) is 9.18 Å². The number of halogens is 1. The number of thiophene rings is 1. The molecule has 0 saturated carbocycles. The van der Waals surface area contributed by atoms with E-state index >= 15 is 0 Å². The van der Waals surface area contributed by atoms with E-state index in [0.29, 0.717) is 36.7 Å². The van der Waals surface area contributed by atoms with Gasteiger partial charge < -0.3 is 30.7 Å². The highest BCUT2D eigenvalue weighted by atomic mass is 32.1. The van der Waals surface area contributed by atoms with Crippen molar-refractivity contribution >= 4 is 44.9 Å². The Kier molecular flexibility index (Phi) is 7.28. The van der Waals surface area contributed by atoms with Crippen LogP contribution in [0.3, 0.4) is 0 Å². The van der Waals surface area contributed by atoms with Crippen LogP contribution in [-0.2, 0) is 11.2 Å². The molecule has 0 bridgehead atoms. The van der Waals surface area contributed by atoms with Gasteiger partial charge >= 0.3 is 6.09 Å². The van der Waals surface area contributed by atoms with Crippen LogP contribution in [0.25, 0.3) is 10.2 Å². The number of anilines is 2. The SMILES string of the molecule is Cc1ccc2c(N)c(C(=O)N[C@H]3COc4cc(N5C[C@@H](CF)[C@@H](NC(=O)OC(C)(C)C)C5)ccc4C3)sc2n1. The lowest BCUT2D eigenvalue weighted by Crippen LogP contribution is -2.43. The van der Waals surface area contributed by atoms with Crippen molar-refractivity contribution in [2.45, 2.75) is 51.8 Å². The molecule has 2 aliphatic heterocycles. The Bertz CT molecular complexity index is 1400. The Morgan fingerprint density at radius 1 is 1.23 bits per heavy atom. The average Bonchev–Trinajstić information content (AvgIpc) is 3.42. The van der Waals surface area contributed by atoms with Crippen LogP contribution >= 0.6 is 11.3 Å². The number of amides is 2. The molecule has 11 heteroatoms. The third-order valence-corrected chi connectivity index (χ3v) is 8.05. The molecule has 5 rings (SSSR count). The van der Waals surface area contributed by atoms with Gasteiger partial charge in [0.1, 0.15) is 27.7 Å². The molecule has 0 spiro atoms. The van der Waals surface area contributed by atoms with Crippen LogP contribution in [0.5, 0.6) is 5.75 Å². The normalized spacial score (nSPS) is 20.8. The lowest BCUT2D eigenvalue weighted by Gasteiger charge is -2.28. The highest BCUT2D eigenvalue weighted by Crippen LogP contribution is 2.34. The summed E-state index contributed by atoms with van der Waals surface area (Å²) < 4.78 is 25.2. The Morgan fingerprint density at radius 2 is 2.03 bits per heavy atom. The maximum absolute atomic E-state index is 13.8. The summed E-state index contributed by atoms with van der Waals surface area (Å²) in [7, 11) is 0. The number of benzene rings is 1. The number of hydrogen-bond acceptors (Lipinski definition) is 8. The summed E-state index contributed by atoms with van der Waals surface area (Å²) >= 11 is 1.29. The molecule has 0 radical (unpaired) electrons. The van der Waals surface area contributed by atoms with Gasteiger partial charge in [-0.1, -0.05) is 6.07 Å². The van der Waals surface area contributed by atoms with E-state index in [0.717, 1.165) is 32.9 Å². The smallest absolute Gasteiger partial charge is 0.407 e. The van der Waals surface area contributed by atoms with Gasteiger partial charge in [0, 0.05) is 41.8 Å². The number of rotatable bonds is 5. The lowest BCUT2D eigenvalue weighted by atomic mass is 10.0. The molecule has 2 aromatic heterocycles. The molecule has 9 nitrogen and oxygen atoms in total. The number of carbonyl (C=O) groups excluding carboxylic acids is 2. The van der Waals surface area contributed by atoms with Gasteiger partial charge in [-0.25, -0.2) is 9.78 Å². The van der Waals surface area contributed by atoms with Crippen molar-refractivity contribution in [3.8, 4) is 5.75 Å². The van der Waals surface area contributed by atoms with E-state index in [2.05, 4.69) is 15.6 Å². The number of alkyl halides is 1. The summed E-state index contributed by atoms with van der Waals surface area (Å²) in [6.07, 6.45) is 0.0674. The molecular formula is C28H34FN5O4S. The molecule has 4 N–H and O–H groups in total. The van der Waals surface area contributed by atoms with Gasteiger partial charge in [-0.15, -0.1) is 11.3 Å². The van der Waals surface area contributed by atoms with Crippen LogP contribution in [0.4, 0.5) is 20.6 Å². The van der Waals surface area contributed by atoms with Crippen LogP contribution in [0.1, 0.15) is 41.7 Å². The van der Waals surface area contributed by atoms with E-state index in [1.165, 1.54) is 11.3 Å². The third-order valence-electron chi connectivity index (χ3n) is 6.94. The first-order valence-corrected chi connectivity index (χ1v) is 13.8. The van der Waals surface area contributed by atoms with E-state index in [-0.39, 0.29) is 23.9 Å². The van der Waals surface area contributed by atoms with E-state index in [9.17, 15) is 14.0 Å². The van der Waals surface area contributed by atoms with Gasteiger partial charge in [-0.05, 0) is 57.9 Å². The summed E-state index contributed by atoms with van der Waals surface area (Å²) in [5.41, 5.74) is 8.81. The fourth-order valence-corrected chi connectivity index (χ4v) is 6.06. The predicted molar refractivity (Wildman–Crippen MR) is 151 cm³/mol. The van der Waals surface area contributed by atoms with Gasteiger partial charge in [0.15, 0.2) is 0 Å². The van der Waals surface area contributed by atoms with E-state index in [4.69, 9.17) is 15.2 Å². The summed E-state index contributed by atoms with van der Waals surface area (Å²) in [5.74, 6) is 0.161. The molecule has 2 amide bonds.